The molecule has 0 unspecified atom stereocenters. The zero-order chi connectivity index (χ0) is 22.9. The minimum absolute atomic E-state index is 0.674. The van der Waals surface area contributed by atoms with Crippen molar-refractivity contribution >= 4 is 48.6 Å². The lowest BCUT2D eigenvalue weighted by atomic mass is 10.0. The number of thiophene rings is 1. The molecule has 0 radical (unpaired) electrons. The molecule has 0 fully saturated rings. The van der Waals surface area contributed by atoms with Crippen molar-refractivity contribution in [3.8, 4) is 17.2 Å². The maximum Gasteiger partial charge on any atom is 0.0991 e. The van der Waals surface area contributed by atoms with E-state index < -0.39 is 0 Å². The van der Waals surface area contributed by atoms with Crippen LogP contribution in [0.2, 0.25) is 0 Å². The zero-order valence-electron chi connectivity index (χ0n) is 18.3. The number of benzene rings is 5. The van der Waals surface area contributed by atoms with Gasteiger partial charge < -0.3 is 4.90 Å². The predicted octanol–water partition coefficient (Wildman–Crippen LogP) is 9.06. The van der Waals surface area contributed by atoms with Gasteiger partial charge in [0, 0.05) is 31.5 Å². The zero-order valence-corrected chi connectivity index (χ0v) is 19.2. The average Bonchev–Trinajstić information content (AvgIpc) is 3.29. The fourth-order valence-electron chi connectivity index (χ4n) is 4.52. The number of anilines is 3. The van der Waals surface area contributed by atoms with Gasteiger partial charge in [-0.3, -0.25) is 0 Å². The largest absolute Gasteiger partial charge is 0.310 e. The quantitative estimate of drug-likeness (QED) is 0.267. The Morgan fingerprint density at radius 3 is 1.97 bits per heavy atom. The van der Waals surface area contributed by atoms with Crippen LogP contribution in [0.1, 0.15) is 5.56 Å². The van der Waals surface area contributed by atoms with Crippen molar-refractivity contribution in [3.63, 3.8) is 0 Å². The van der Waals surface area contributed by atoms with Gasteiger partial charge >= 0.3 is 0 Å². The normalized spacial score (nSPS) is 10.9. The maximum absolute atomic E-state index is 9.35. The van der Waals surface area contributed by atoms with Crippen LogP contribution in [0.5, 0.6) is 0 Å². The molecule has 0 atom stereocenters. The second-order valence-corrected chi connectivity index (χ2v) is 9.25. The molecule has 5 aromatic carbocycles. The third-order valence-corrected chi connectivity index (χ3v) is 7.20. The van der Waals surface area contributed by atoms with Crippen LogP contribution in [0.25, 0.3) is 31.3 Å². The molecule has 6 aromatic rings. The molecule has 0 aliphatic heterocycles. The summed E-state index contributed by atoms with van der Waals surface area (Å²) in [5.41, 5.74) is 6.25. The maximum atomic E-state index is 9.35. The number of hydrogen-bond donors (Lipinski definition) is 0. The molecule has 0 N–H and O–H groups in total. The van der Waals surface area contributed by atoms with Gasteiger partial charge in [0.2, 0.25) is 0 Å². The van der Waals surface area contributed by atoms with Gasteiger partial charge in [-0.2, -0.15) is 5.26 Å². The molecule has 1 heterocycles. The molecule has 0 bridgehead atoms. The molecule has 0 saturated carbocycles. The summed E-state index contributed by atoms with van der Waals surface area (Å²) in [6, 6.07) is 44.3. The van der Waals surface area contributed by atoms with E-state index in [1.54, 1.807) is 0 Å². The lowest BCUT2D eigenvalue weighted by molar-refractivity contribution is 1.30. The summed E-state index contributed by atoms with van der Waals surface area (Å²) >= 11 is 1.82. The van der Waals surface area contributed by atoms with Gasteiger partial charge in [-0.1, -0.05) is 60.7 Å². The average molecular weight is 453 g/mol. The SMILES string of the molecule is N#Cc1cccc(-c2ccc3sc4cccc(N(c5ccccc5)c5ccccc5)c4c3c2)c1. The third kappa shape index (κ3) is 3.51. The molecule has 34 heavy (non-hydrogen) atoms. The van der Waals surface area contributed by atoms with Crippen LogP contribution in [0.3, 0.4) is 0 Å². The highest BCUT2D eigenvalue weighted by atomic mass is 32.1. The van der Waals surface area contributed by atoms with Gasteiger partial charge in [0.1, 0.15) is 0 Å². The van der Waals surface area contributed by atoms with Crippen molar-refractivity contribution in [1.82, 2.24) is 0 Å². The van der Waals surface area contributed by atoms with E-state index >= 15 is 0 Å². The Kier molecular flexibility index (Phi) is 5.07. The van der Waals surface area contributed by atoms with Crippen LogP contribution in [-0.2, 0) is 0 Å². The molecule has 2 nitrogen and oxygen atoms in total. The van der Waals surface area contributed by atoms with Crippen LogP contribution in [0.15, 0.2) is 121 Å². The van der Waals surface area contributed by atoms with Crippen molar-refractivity contribution in [3.05, 3.63) is 127 Å². The highest BCUT2D eigenvalue weighted by Crippen LogP contribution is 2.45. The van der Waals surface area contributed by atoms with Crippen molar-refractivity contribution in [2.24, 2.45) is 0 Å². The molecule has 0 spiro atoms. The van der Waals surface area contributed by atoms with Crippen molar-refractivity contribution in [1.29, 1.82) is 5.26 Å². The summed E-state index contributed by atoms with van der Waals surface area (Å²) in [6.07, 6.45) is 0. The van der Waals surface area contributed by atoms with Crippen LogP contribution in [0.4, 0.5) is 17.1 Å². The van der Waals surface area contributed by atoms with E-state index in [4.69, 9.17) is 0 Å². The van der Waals surface area contributed by atoms with Gasteiger partial charge in [0.15, 0.2) is 0 Å². The number of rotatable bonds is 4. The molecule has 0 aliphatic carbocycles. The van der Waals surface area contributed by atoms with Crippen LogP contribution >= 0.6 is 11.3 Å². The Morgan fingerprint density at radius 2 is 1.26 bits per heavy atom. The fraction of sp³-hybridized carbons (Fsp3) is 0. The van der Waals surface area contributed by atoms with Gasteiger partial charge in [-0.05, 0) is 71.8 Å². The number of hydrogen-bond acceptors (Lipinski definition) is 3. The summed E-state index contributed by atoms with van der Waals surface area (Å²) in [7, 11) is 0. The van der Waals surface area contributed by atoms with E-state index in [0.717, 1.165) is 28.2 Å². The summed E-state index contributed by atoms with van der Waals surface area (Å²) < 4.78 is 2.51. The van der Waals surface area contributed by atoms with Crippen LogP contribution < -0.4 is 4.90 Å². The summed E-state index contributed by atoms with van der Waals surface area (Å²) in [4.78, 5) is 2.33. The van der Waals surface area contributed by atoms with Gasteiger partial charge in [-0.15, -0.1) is 11.3 Å². The molecule has 160 valence electrons. The highest BCUT2D eigenvalue weighted by Gasteiger charge is 2.18. The molecule has 3 heteroatoms. The monoisotopic (exact) mass is 452 g/mol. The van der Waals surface area contributed by atoms with Crippen LogP contribution in [-0.4, -0.2) is 0 Å². The van der Waals surface area contributed by atoms with Crippen molar-refractivity contribution in [2.45, 2.75) is 0 Å². The first-order valence-electron chi connectivity index (χ1n) is 11.2. The molecule has 0 aliphatic rings. The Morgan fingerprint density at radius 1 is 0.588 bits per heavy atom. The molecule has 0 saturated heterocycles. The van der Waals surface area contributed by atoms with E-state index in [-0.39, 0.29) is 0 Å². The summed E-state index contributed by atoms with van der Waals surface area (Å²) in [6.45, 7) is 0. The molecular weight excluding hydrogens is 432 g/mol. The first-order valence-corrected chi connectivity index (χ1v) is 12.0. The van der Waals surface area contributed by atoms with Crippen molar-refractivity contribution < 1.29 is 0 Å². The van der Waals surface area contributed by atoms with E-state index in [2.05, 4.69) is 114 Å². The number of para-hydroxylation sites is 2. The van der Waals surface area contributed by atoms with E-state index in [9.17, 15) is 5.26 Å². The Balaban J connectivity index is 1.62. The summed E-state index contributed by atoms with van der Waals surface area (Å²) in [5, 5.41) is 11.8. The highest BCUT2D eigenvalue weighted by molar-refractivity contribution is 7.26. The molecule has 0 amide bonds. The van der Waals surface area contributed by atoms with E-state index in [1.165, 1.54) is 20.2 Å². The minimum Gasteiger partial charge on any atom is -0.310 e. The first kappa shape index (κ1) is 20.2. The number of fused-ring (bicyclic) bond motifs is 3. The third-order valence-electron chi connectivity index (χ3n) is 6.07. The lowest BCUT2D eigenvalue weighted by Crippen LogP contribution is -2.09. The smallest absolute Gasteiger partial charge is 0.0991 e. The standard InChI is InChI=1S/C31H20N2S/c32-21-22-9-7-10-23(19-22)24-17-18-29-27(20-24)31-28(15-8-16-30(31)34-29)33(25-11-3-1-4-12-25)26-13-5-2-6-14-26/h1-20H. The fourth-order valence-corrected chi connectivity index (χ4v) is 5.63. The van der Waals surface area contributed by atoms with Crippen molar-refractivity contribution in [2.75, 3.05) is 4.90 Å². The van der Waals surface area contributed by atoms with Crippen LogP contribution in [0, 0.1) is 11.3 Å². The van der Waals surface area contributed by atoms with Gasteiger partial charge in [0.05, 0.1) is 17.3 Å². The number of nitrogens with zero attached hydrogens (tertiary/aromatic N) is 2. The second-order valence-electron chi connectivity index (χ2n) is 8.16. The second kappa shape index (κ2) is 8.51. The topological polar surface area (TPSA) is 27.0 Å². The Labute approximate surface area is 202 Å². The van der Waals surface area contributed by atoms with Gasteiger partial charge in [0.25, 0.3) is 0 Å². The van der Waals surface area contributed by atoms with E-state index in [1.807, 2.05) is 29.5 Å². The molecular formula is C31H20N2S. The Bertz CT molecular complexity index is 1620. The number of nitriles is 1. The first-order chi connectivity index (χ1) is 16.8. The van der Waals surface area contributed by atoms with E-state index in [0.29, 0.717) is 5.56 Å². The Hall–Kier alpha value is -4.39. The minimum atomic E-state index is 0.674. The summed E-state index contributed by atoms with van der Waals surface area (Å²) in [5.74, 6) is 0. The lowest BCUT2D eigenvalue weighted by Gasteiger charge is -2.26. The predicted molar refractivity (Wildman–Crippen MR) is 144 cm³/mol. The van der Waals surface area contributed by atoms with Gasteiger partial charge in [-0.25, -0.2) is 0 Å². The molecule has 6 rings (SSSR count). The molecule has 1 aromatic heterocycles.